The number of aromatic nitrogens is 3. The summed E-state index contributed by atoms with van der Waals surface area (Å²) in [6.07, 6.45) is 22.3. The molecule has 3 rings (SSSR count). The maximum atomic E-state index is 5.42. The first-order chi connectivity index (χ1) is 24.1. The van der Waals surface area contributed by atoms with Gasteiger partial charge in [-0.1, -0.05) is 106 Å². The number of hydrogen-bond acceptors (Lipinski definition) is 9. The van der Waals surface area contributed by atoms with Crippen LogP contribution in [0.1, 0.15) is 207 Å². The van der Waals surface area contributed by atoms with Crippen LogP contribution in [-0.2, 0) is 0 Å². The Morgan fingerprint density at radius 1 is 0.528 bits per heavy atom. The highest BCUT2D eigenvalue weighted by molar-refractivity contribution is 5.47. The molecule has 1 aromatic heterocycles. The van der Waals surface area contributed by atoms with E-state index in [1.807, 2.05) is 0 Å². The van der Waals surface area contributed by atoms with E-state index in [9.17, 15) is 0 Å². The van der Waals surface area contributed by atoms with Gasteiger partial charge in [-0.2, -0.15) is 15.0 Å². The van der Waals surface area contributed by atoms with E-state index < -0.39 is 0 Å². The van der Waals surface area contributed by atoms with Gasteiger partial charge >= 0.3 is 0 Å². The topological polar surface area (TPSA) is 93.3 Å². The van der Waals surface area contributed by atoms with E-state index in [1.165, 1.54) is 64.2 Å². The fraction of sp³-hybridized carbons (Fsp3) is 0.932. The van der Waals surface area contributed by atoms with Crippen LogP contribution in [0.2, 0.25) is 0 Å². The monoisotopic (exact) mass is 746 g/mol. The van der Waals surface area contributed by atoms with Crippen LogP contribution in [0.15, 0.2) is 0 Å². The van der Waals surface area contributed by atoms with Crippen LogP contribution in [0.4, 0.5) is 17.8 Å². The molecule has 0 aliphatic carbocycles. The highest BCUT2D eigenvalue weighted by Crippen LogP contribution is 2.36. The first kappa shape index (κ1) is 49.3. The molecule has 0 unspecified atom stereocenters. The molecule has 9 nitrogen and oxygen atoms in total. The molecule has 0 spiro atoms. The van der Waals surface area contributed by atoms with Gasteiger partial charge in [0.25, 0.3) is 0 Å². The maximum absolute atomic E-state index is 5.42. The molecule has 3 heterocycles. The fourth-order valence-corrected chi connectivity index (χ4v) is 9.18. The van der Waals surface area contributed by atoms with Crippen LogP contribution >= 0.6 is 0 Å². The van der Waals surface area contributed by atoms with Gasteiger partial charge in [-0.3, -0.25) is 5.32 Å². The van der Waals surface area contributed by atoms with E-state index in [4.69, 9.17) is 15.0 Å². The van der Waals surface area contributed by atoms with Crippen molar-refractivity contribution in [3.63, 3.8) is 0 Å². The van der Waals surface area contributed by atoms with Crippen molar-refractivity contribution in [3.8, 4) is 0 Å². The third-order valence-corrected chi connectivity index (χ3v) is 10.9. The van der Waals surface area contributed by atoms with Crippen LogP contribution in [-0.4, -0.2) is 75.5 Å². The number of unbranched alkanes of at least 4 members (excludes halogenated alkanes) is 11. The van der Waals surface area contributed by atoms with Gasteiger partial charge in [0.2, 0.25) is 17.8 Å². The molecular weight excluding hydrogens is 655 g/mol. The molecule has 2 fully saturated rings. The molecule has 0 radical (unpaired) electrons. The minimum absolute atomic E-state index is 0. The van der Waals surface area contributed by atoms with E-state index in [2.05, 4.69) is 107 Å². The molecule has 2 aliphatic heterocycles. The van der Waals surface area contributed by atoms with Crippen LogP contribution in [0.5, 0.6) is 0 Å². The van der Waals surface area contributed by atoms with Gasteiger partial charge in [-0.05, 0) is 107 Å². The molecule has 2 aliphatic rings. The molecule has 4 N–H and O–H groups in total. The molecule has 0 amide bonds. The summed E-state index contributed by atoms with van der Waals surface area (Å²) in [4.78, 5) is 20.9. The summed E-state index contributed by atoms with van der Waals surface area (Å²) in [6, 6.07) is 0.697. The minimum atomic E-state index is 0. The first-order valence-corrected chi connectivity index (χ1v) is 21.4. The summed E-state index contributed by atoms with van der Waals surface area (Å²) in [6.45, 7) is 29.2. The predicted molar refractivity (Wildman–Crippen MR) is 235 cm³/mol. The lowest BCUT2D eigenvalue weighted by atomic mass is 9.79. The molecule has 0 aromatic carbocycles. The summed E-state index contributed by atoms with van der Waals surface area (Å²) in [5, 5.41) is 15.0. The molecular formula is C44H91N9. The van der Waals surface area contributed by atoms with Crippen molar-refractivity contribution in [2.45, 2.75) is 241 Å². The van der Waals surface area contributed by atoms with Gasteiger partial charge in [0.05, 0.1) is 6.67 Å². The van der Waals surface area contributed by atoms with Gasteiger partial charge in [-0.25, -0.2) is 0 Å². The molecule has 0 saturated carbocycles. The molecule has 0 atom stereocenters. The first-order valence-electron chi connectivity index (χ1n) is 21.4. The summed E-state index contributed by atoms with van der Waals surface area (Å²) >= 11 is 0. The van der Waals surface area contributed by atoms with E-state index >= 15 is 0 Å². The highest BCUT2D eigenvalue weighted by Gasteiger charge is 2.42. The zero-order valence-corrected chi connectivity index (χ0v) is 35.4. The standard InChI is InChI=1S/C42H83N9.2CH4/c1-12-15-18-19-20-21-22-23-24-25-26-43-33-44-36-45-37(50(27-16-13-2)34-29-39(4,5)48-40(6,7)30-34)47-38(46-36)51(28-17-14-3)35-31-41(8,9)49-42(10,11)32-35;;/h34-35,43,48-49H,12-33H2,1-11H3,(H,44,45,46,47);2*1H4. The smallest absolute Gasteiger partial charge is 0.232 e. The van der Waals surface area contributed by atoms with Crippen molar-refractivity contribution in [2.24, 2.45) is 0 Å². The van der Waals surface area contributed by atoms with Crippen molar-refractivity contribution < 1.29 is 0 Å². The van der Waals surface area contributed by atoms with E-state index in [-0.39, 0.29) is 37.0 Å². The molecule has 9 heteroatoms. The Morgan fingerprint density at radius 3 is 1.26 bits per heavy atom. The zero-order valence-electron chi connectivity index (χ0n) is 35.4. The molecule has 0 bridgehead atoms. The van der Waals surface area contributed by atoms with Crippen LogP contribution in [0, 0.1) is 0 Å². The summed E-state index contributed by atoms with van der Waals surface area (Å²) < 4.78 is 0. The third-order valence-electron chi connectivity index (χ3n) is 10.9. The van der Waals surface area contributed by atoms with Crippen molar-refractivity contribution in [2.75, 3.05) is 41.4 Å². The van der Waals surface area contributed by atoms with Gasteiger partial charge in [0.15, 0.2) is 0 Å². The van der Waals surface area contributed by atoms with Crippen molar-refractivity contribution in [3.05, 3.63) is 0 Å². The Kier molecular flexibility index (Phi) is 21.8. The lowest BCUT2D eigenvalue weighted by Gasteiger charge is -2.50. The highest BCUT2D eigenvalue weighted by atomic mass is 15.4. The summed E-state index contributed by atoms with van der Waals surface area (Å²) in [5.74, 6) is 2.35. The number of rotatable bonds is 24. The van der Waals surface area contributed by atoms with Gasteiger partial charge in [0.1, 0.15) is 0 Å². The Labute approximate surface area is 330 Å². The maximum Gasteiger partial charge on any atom is 0.232 e. The minimum Gasteiger partial charge on any atom is -0.341 e. The average Bonchev–Trinajstić information content (AvgIpc) is 3.01. The van der Waals surface area contributed by atoms with Gasteiger partial charge in [0, 0.05) is 47.3 Å². The number of anilines is 3. The quantitative estimate of drug-likeness (QED) is 0.0609. The lowest BCUT2D eigenvalue weighted by molar-refractivity contribution is 0.157. The molecule has 1 aromatic rings. The molecule has 2 saturated heterocycles. The van der Waals surface area contributed by atoms with E-state index in [0.29, 0.717) is 24.7 Å². The largest absolute Gasteiger partial charge is 0.341 e. The summed E-state index contributed by atoms with van der Waals surface area (Å²) in [5.41, 5.74) is 0.134. The lowest BCUT2D eigenvalue weighted by Crippen LogP contribution is -2.63. The zero-order chi connectivity index (χ0) is 37.5. The van der Waals surface area contributed by atoms with Crippen molar-refractivity contribution in [1.29, 1.82) is 0 Å². The number of nitrogens with one attached hydrogen (secondary N) is 4. The Balaban J connectivity index is 0.00000702. The van der Waals surface area contributed by atoms with E-state index in [0.717, 1.165) is 82.9 Å². The Morgan fingerprint density at radius 2 is 0.887 bits per heavy atom. The number of hydrogen-bond donors (Lipinski definition) is 4. The Bertz CT molecular complexity index is 1020. The second-order valence-electron chi connectivity index (χ2n) is 18.8. The molecule has 312 valence electrons. The Hall–Kier alpha value is -1.71. The third kappa shape index (κ3) is 17.7. The van der Waals surface area contributed by atoms with Crippen molar-refractivity contribution >= 4 is 17.8 Å². The number of nitrogens with zero attached hydrogens (tertiary/aromatic N) is 5. The predicted octanol–water partition coefficient (Wildman–Crippen LogP) is 10.9. The second kappa shape index (κ2) is 23.4. The van der Waals surface area contributed by atoms with Crippen molar-refractivity contribution in [1.82, 2.24) is 30.9 Å². The molecule has 53 heavy (non-hydrogen) atoms. The SMILES string of the molecule is C.C.CCCCCCCCCCCCNCNc1nc(N(CCCC)C2CC(C)(C)NC(C)(C)C2)nc(N(CCCC)C2CC(C)(C)NC(C)(C)C2)n1. The average molecular weight is 746 g/mol. The van der Waals surface area contributed by atoms with Crippen LogP contribution < -0.4 is 31.1 Å². The summed E-state index contributed by atoms with van der Waals surface area (Å²) in [7, 11) is 0. The second-order valence-corrected chi connectivity index (χ2v) is 18.8. The fourth-order valence-electron chi connectivity index (χ4n) is 9.18. The van der Waals surface area contributed by atoms with Gasteiger partial charge in [-0.15, -0.1) is 0 Å². The normalized spacial score (nSPS) is 19.2. The van der Waals surface area contributed by atoms with E-state index in [1.54, 1.807) is 0 Å². The van der Waals surface area contributed by atoms with Gasteiger partial charge < -0.3 is 25.8 Å². The van der Waals surface area contributed by atoms with Crippen LogP contribution in [0.3, 0.4) is 0 Å². The van der Waals surface area contributed by atoms with Crippen LogP contribution in [0.25, 0.3) is 0 Å². The number of piperidine rings is 2.